The molecular formula is C83H93NO20. The van der Waals surface area contributed by atoms with Gasteiger partial charge in [0.05, 0.1) is 73.3 Å². The normalized spacial score (nSPS) is 34.8. The number of hydrogen-bond acceptors (Lipinski definition) is 20. The molecule has 1 spiro atoms. The van der Waals surface area contributed by atoms with Crippen LogP contribution >= 0.6 is 0 Å². The summed E-state index contributed by atoms with van der Waals surface area (Å²) in [5.41, 5.74) is 1.45. The van der Waals surface area contributed by atoms with E-state index >= 15 is 4.79 Å². The molecule has 6 aromatic rings. The lowest BCUT2D eigenvalue weighted by Gasteiger charge is -2.63. The smallest absolute Gasteiger partial charge is 0.338 e. The quantitative estimate of drug-likeness (QED) is 0.0201. The van der Waals surface area contributed by atoms with E-state index in [1.54, 1.807) is 97.1 Å². The minimum absolute atomic E-state index is 0.00295. The Hall–Kier alpha value is -8.25. The van der Waals surface area contributed by atoms with Gasteiger partial charge in [0.2, 0.25) is 0 Å². The molecule has 22 atom stereocenters. The summed E-state index contributed by atoms with van der Waals surface area (Å²) < 4.78 is 88.5. The Morgan fingerprint density at radius 3 is 1.76 bits per heavy atom. The van der Waals surface area contributed by atoms with E-state index in [0.717, 1.165) is 37.7 Å². The van der Waals surface area contributed by atoms with Crippen LogP contribution in [0.25, 0.3) is 0 Å². The molecular weight excluding hydrogens is 1330 g/mol. The van der Waals surface area contributed by atoms with Crippen molar-refractivity contribution in [1.29, 1.82) is 0 Å². The van der Waals surface area contributed by atoms with Gasteiger partial charge in [-0.1, -0.05) is 161 Å². The molecule has 0 aromatic heterocycles. The minimum atomic E-state index is -1.74. The summed E-state index contributed by atoms with van der Waals surface area (Å²) in [6, 6.07) is 49.1. The number of carbonyl (C=O) groups excluding carboxylic acids is 5. The molecule has 21 heteroatoms. The lowest BCUT2D eigenvalue weighted by Crippen LogP contribution is -2.66. The highest BCUT2D eigenvalue weighted by Crippen LogP contribution is 2.72. The molecule has 2 unspecified atom stereocenters. The summed E-state index contributed by atoms with van der Waals surface area (Å²) in [7, 11) is 0. The summed E-state index contributed by atoms with van der Waals surface area (Å²) in [6.45, 7) is 10.9. The van der Waals surface area contributed by atoms with Crippen molar-refractivity contribution in [2.75, 3.05) is 19.8 Å². The molecule has 21 nitrogen and oxygen atoms in total. The molecule has 550 valence electrons. The van der Waals surface area contributed by atoms with Gasteiger partial charge >= 0.3 is 29.8 Å². The maximum absolute atomic E-state index is 15.1. The van der Waals surface area contributed by atoms with E-state index in [4.69, 9.17) is 61.6 Å². The number of fused-ring (bicyclic) bond motifs is 7. The topological polar surface area (TPSA) is 248 Å². The molecule has 4 aliphatic heterocycles. The fourth-order valence-electron chi connectivity index (χ4n) is 19.0. The van der Waals surface area contributed by atoms with Crippen LogP contribution < -0.4 is 0 Å². The van der Waals surface area contributed by atoms with Gasteiger partial charge in [0, 0.05) is 36.8 Å². The molecule has 0 radical (unpaired) electrons. The number of rotatable bonds is 22. The number of benzene rings is 6. The van der Waals surface area contributed by atoms with E-state index in [1.165, 1.54) is 25.1 Å². The first-order valence-corrected chi connectivity index (χ1v) is 36.9. The van der Waals surface area contributed by atoms with Gasteiger partial charge in [-0.2, -0.15) is 0 Å². The van der Waals surface area contributed by atoms with E-state index in [2.05, 4.69) is 27.7 Å². The molecule has 4 saturated heterocycles. The highest BCUT2D eigenvalue weighted by molar-refractivity contribution is 5.91. The van der Waals surface area contributed by atoms with Crippen molar-refractivity contribution in [2.45, 2.75) is 191 Å². The van der Waals surface area contributed by atoms with E-state index in [9.17, 15) is 29.3 Å². The number of hydrogen-bond donors (Lipinski definition) is 0. The number of para-hydroxylation sites is 1. The Bertz CT molecular complexity index is 3960. The molecule has 0 amide bonds. The summed E-state index contributed by atoms with van der Waals surface area (Å²) in [5, 5.41) is 12.5. The van der Waals surface area contributed by atoms with Crippen LogP contribution in [0.3, 0.4) is 0 Å². The van der Waals surface area contributed by atoms with Crippen molar-refractivity contribution in [3.8, 4) is 0 Å². The monoisotopic (exact) mass is 1420 g/mol. The SMILES string of the molecule is CC(=O)O[C@H]1C[C@H]2[C@@H]3C[C@@H]4O[C@]5(CCC(C)CO5)[C@@H](C)[C@@H]4[C@@]3(C)CC[C@@H]2[C@@]2(C)CC[C@H](O[C@@H]3O[C@H](COCc4ccccc4)[C@@H](O[C@H]4OC[C@H](OC(=O)c5ccccc5)[C@H](OC(=O)c5ccccc5)[C@H]4OC(=O)c4ccccc4)[C@H](OCc4ccccc4)[C@H]3OC(=O)Cc3ccccc3[N+](=O)[O-])CC12. The molecule has 4 saturated carbocycles. The maximum Gasteiger partial charge on any atom is 0.338 e. The molecule has 0 bridgehead atoms. The third-order valence-electron chi connectivity index (χ3n) is 24.0. The van der Waals surface area contributed by atoms with Crippen LogP contribution in [0.2, 0.25) is 0 Å². The molecule has 14 rings (SSSR count). The zero-order valence-corrected chi connectivity index (χ0v) is 59.4. The molecule has 6 aromatic carbocycles. The van der Waals surface area contributed by atoms with Gasteiger partial charge in [0.25, 0.3) is 5.69 Å². The number of nitro groups is 1. The maximum atomic E-state index is 15.1. The summed E-state index contributed by atoms with van der Waals surface area (Å²) in [6.07, 6.45) is -7.83. The second-order valence-corrected chi connectivity index (χ2v) is 30.3. The Morgan fingerprint density at radius 1 is 0.548 bits per heavy atom. The number of nitrogens with zero attached hydrogens (tertiary/aromatic N) is 1. The lowest BCUT2D eigenvalue weighted by molar-refractivity contribution is -0.385. The second-order valence-electron chi connectivity index (χ2n) is 30.3. The number of esters is 5. The average molecular weight is 1420 g/mol. The van der Waals surface area contributed by atoms with Gasteiger partial charge in [0.15, 0.2) is 42.8 Å². The van der Waals surface area contributed by atoms with E-state index in [1.807, 2.05) is 60.7 Å². The van der Waals surface area contributed by atoms with Gasteiger partial charge < -0.3 is 61.6 Å². The third kappa shape index (κ3) is 15.3. The van der Waals surface area contributed by atoms with Gasteiger partial charge in [-0.25, -0.2) is 14.4 Å². The highest BCUT2D eigenvalue weighted by Gasteiger charge is 2.70. The Labute approximate surface area is 606 Å². The fraction of sp³-hybridized carbons (Fsp3) is 0.506. The summed E-state index contributed by atoms with van der Waals surface area (Å²) >= 11 is 0. The lowest BCUT2D eigenvalue weighted by atomic mass is 9.43. The fourth-order valence-corrected chi connectivity index (χ4v) is 19.0. The largest absolute Gasteiger partial charge is 0.462 e. The van der Waals surface area contributed by atoms with E-state index in [0.29, 0.717) is 61.5 Å². The molecule has 0 N–H and O–H groups in total. The van der Waals surface area contributed by atoms with Crippen LogP contribution in [0.5, 0.6) is 0 Å². The van der Waals surface area contributed by atoms with Crippen LogP contribution in [-0.4, -0.2) is 134 Å². The number of ether oxygens (including phenoxy) is 13. The van der Waals surface area contributed by atoms with E-state index < -0.39 is 115 Å². The predicted octanol–water partition coefficient (Wildman–Crippen LogP) is 13.4. The minimum Gasteiger partial charge on any atom is -0.462 e. The zero-order valence-electron chi connectivity index (χ0n) is 59.4. The van der Waals surface area contributed by atoms with Crippen LogP contribution in [0, 0.1) is 62.4 Å². The van der Waals surface area contributed by atoms with Crippen LogP contribution in [0.15, 0.2) is 176 Å². The Morgan fingerprint density at radius 2 is 1.13 bits per heavy atom. The first-order chi connectivity index (χ1) is 50.3. The van der Waals surface area contributed by atoms with Crippen molar-refractivity contribution in [3.63, 3.8) is 0 Å². The number of carbonyl (C=O) groups is 5. The molecule has 8 fully saturated rings. The predicted molar refractivity (Wildman–Crippen MR) is 376 cm³/mol. The van der Waals surface area contributed by atoms with Crippen molar-refractivity contribution in [1.82, 2.24) is 0 Å². The van der Waals surface area contributed by atoms with Gasteiger partial charge in [-0.05, 0) is 139 Å². The van der Waals surface area contributed by atoms with Crippen LogP contribution in [0.1, 0.15) is 140 Å². The first kappa shape index (κ1) is 72.7. The van der Waals surface area contributed by atoms with Crippen molar-refractivity contribution in [3.05, 3.63) is 219 Å². The Kier molecular flexibility index (Phi) is 22.0. The molecule has 104 heavy (non-hydrogen) atoms. The summed E-state index contributed by atoms with van der Waals surface area (Å²) in [5.74, 6) is -2.53. The second kappa shape index (κ2) is 31.4. The van der Waals surface area contributed by atoms with Gasteiger partial charge in [-0.3, -0.25) is 19.7 Å². The van der Waals surface area contributed by atoms with Crippen molar-refractivity contribution < 1.29 is 90.5 Å². The average Bonchev–Trinajstić information content (AvgIpc) is 1.48. The van der Waals surface area contributed by atoms with Crippen LogP contribution in [-0.2, 0) is 90.8 Å². The van der Waals surface area contributed by atoms with Crippen molar-refractivity contribution >= 4 is 35.5 Å². The van der Waals surface area contributed by atoms with Gasteiger partial charge in [0.1, 0.15) is 24.4 Å². The first-order valence-electron chi connectivity index (χ1n) is 36.9. The highest BCUT2D eigenvalue weighted by atomic mass is 16.8. The standard InChI is InChI=1S/C83H93NO20/c1-50-35-40-83(95-45-50)51(2)70-66(104-83)44-62-60-43-65(96-52(3)85)63-42-59(36-38-81(63,4)61(60)37-39-82(62,70)5)97-80-75(100-69(86)41-58-33-21-22-34-64(58)84(90)91)73(93-47-54-25-13-7-14-26-54)71(67(99-80)48-92-46-53-23-11-6-12-24-53)103-79-74(102-78(89)57-31-19-10-20-32-57)72(101-77(88)56-29-17-9-18-30-56)68(49-94-79)98-76(87)55-27-15-8-16-28-55/h6-34,50-51,59-63,65-68,70-75,79-80H,35-49H2,1-5H3/t50?,51-,59-,60+,61-,62-,63?,65-,66-,67+,68-,70-,71+,72-,73-,74+,75+,79+,80+,81+,82-,83+/m0/s1. The Balaban J connectivity index is 0.824. The molecule has 4 aliphatic carbocycles. The zero-order chi connectivity index (χ0) is 72.3. The third-order valence-corrected chi connectivity index (χ3v) is 24.0. The van der Waals surface area contributed by atoms with E-state index in [-0.39, 0.29) is 88.4 Å². The number of nitro benzene ring substituents is 1. The van der Waals surface area contributed by atoms with Crippen molar-refractivity contribution in [2.24, 2.45) is 52.3 Å². The van der Waals surface area contributed by atoms with Gasteiger partial charge in [-0.15, -0.1) is 0 Å². The molecule has 4 heterocycles. The van der Waals surface area contributed by atoms with Crippen LogP contribution in [0.4, 0.5) is 5.69 Å². The molecule has 8 aliphatic rings. The summed E-state index contributed by atoms with van der Waals surface area (Å²) in [4.78, 5) is 83.9.